The average molecular weight is 269 g/mol. The van der Waals surface area contributed by atoms with Crippen molar-refractivity contribution < 1.29 is 0 Å². The molecule has 0 aromatic carbocycles. The summed E-state index contributed by atoms with van der Waals surface area (Å²) < 4.78 is 0. The zero-order chi connectivity index (χ0) is 14.5. The Morgan fingerprint density at radius 2 is 1.00 bits per heavy atom. The molecule has 0 aliphatic carbocycles. The van der Waals surface area contributed by atoms with Gasteiger partial charge in [0.1, 0.15) is 0 Å². The van der Waals surface area contributed by atoms with Gasteiger partial charge in [-0.05, 0) is 17.8 Å². The third-order valence-electron chi connectivity index (χ3n) is 4.57. The summed E-state index contributed by atoms with van der Waals surface area (Å²) in [6, 6.07) is 0. The van der Waals surface area contributed by atoms with Gasteiger partial charge >= 0.3 is 0 Å². The number of hydrogen-bond acceptors (Lipinski definition) is 0. The van der Waals surface area contributed by atoms with Crippen LogP contribution in [-0.2, 0) is 0 Å². The zero-order valence-electron chi connectivity index (χ0n) is 14.5. The minimum Gasteiger partial charge on any atom is -0.0651 e. The van der Waals surface area contributed by atoms with E-state index in [1.165, 1.54) is 70.6 Å². The van der Waals surface area contributed by atoms with Crippen molar-refractivity contribution in [2.24, 2.45) is 17.8 Å². The van der Waals surface area contributed by atoms with Crippen LogP contribution in [0.2, 0.25) is 0 Å². The SMILES string of the molecule is CCC(C)CCCCCCCC(C)CCCC(C)C. The Balaban J connectivity index is 3.20. The van der Waals surface area contributed by atoms with Gasteiger partial charge in [-0.3, -0.25) is 0 Å². The maximum Gasteiger partial charge on any atom is -0.0443 e. The summed E-state index contributed by atoms with van der Waals surface area (Å²) in [4.78, 5) is 0. The normalized spacial score (nSPS) is 14.8. The van der Waals surface area contributed by atoms with Crippen LogP contribution in [0.5, 0.6) is 0 Å². The molecule has 19 heavy (non-hydrogen) atoms. The lowest BCUT2D eigenvalue weighted by Gasteiger charge is -2.12. The number of hydrogen-bond donors (Lipinski definition) is 0. The molecule has 2 atom stereocenters. The van der Waals surface area contributed by atoms with Crippen molar-refractivity contribution in [3.63, 3.8) is 0 Å². The largest absolute Gasteiger partial charge is 0.0651 e. The molecule has 2 unspecified atom stereocenters. The quantitative estimate of drug-likeness (QED) is 0.309. The van der Waals surface area contributed by atoms with Crippen molar-refractivity contribution in [1.29, 1.82) is 0 Å². The third-order valence-corrected chi connectivity index (χ3v) is 4.57. The second kappa shape index (κ2) is 13.0. The van der Waals surface area contributed by atoms with Gasteiger partial charge in [0.15, 0.2) is 0 Å². The molecule has 0 aliphatic heterocycles. The molecule has 0 spiro atoms. The molecule has 0 saturated carbocycles. The van der Waals surface area contributed by atoms with Crippen LogP contribution in [0.3, 0.4) is 0 Å². The predicted molar refractivity (Wildman–Crippen MR) is 89.6 cm³/mol. The molecule has 116 valence electrons. The first-order valence-electron chi connectivity index (χ1n) is 9.06. The summed E-state index contributed by atoms with van der Waals surface area (Å²) in [5.74, 6) is 2.79. The molecule has 0 nitrogen and oxygen atoms in total. The molecule has 0 N–H and O–H groups in total. The van der Waals surface area contributed by atoms with Crippen LogP contribution >= 0.6 is 0 Å². The maximum absolute atomic E-state index is 2.45. The van der Waals surface area contributed by atoms with E-state index in [1.54, 1.807) is 0 Å². The van der Waals surface area contributed by atoms with Gasteiger partial charge in [-0.2, -0.15) is 0 Å². The summed E-state index contributed by atoms with van der Waals surface area (Å²) in [6.07, 6.45) is 15.9. The molecule has 0 aliphatic rings. The first-order valence-corrected chi connectivity index (χ1v) is 9.06. The minimum absolute atomic E-state index is 0.887. The van der Waals surface area contributed by atoms with Crippen LogP contribution in [0.4, 0.5) is 0 Å². The fourth-order valence-electron chi connectivity index (χ4n) is 2.74. The van der Waals surface area contributed by atoms with Gasteiger partial charge in [-0.15, -0.1) is 0 Å². The Labute approximate surface area is 123 Å². The van der Waals surface area contributed by atoms with E-state index in [9.17, 15) is 0 Å². The Morgan fingerprint density at radius 3 is 1.53 bits per heavy atom. The van der Waals surface area contributed by atoms with Gasteiger partial charge in [-0.1, -0.05) is 105 Å². The molecule has 0 radical (unpaired) electrons. The highest BCUT2D eigenvalue weighted by molar-refractivity contribution is 4.57. The first kappa shape index (κ1) is 19.0. The van der Waals surface area contributed by atoms with Crippen LogP contribution in [0.15, 0.2) is 0 Å². The Morgan fingerprint density at radius 1 is 0.526 bits per heavy atom. The summed E-state index contributed by atoms with van der Waals surface area (Å²) in [5, 5.41) is 0. The van der Waals surface area contributed by atoms with Crippen molar-refractivity contribution in [2.45, 2.75) is 105 Å². The fourth-order valence-corrected chi connectivity index (χ4v) is 2.74. The second-order valence-corrected chi connectivity index (χ2v) is 7.29. The van der Waals surface area contributed by atoms with Gasteiger partial charge in [0, 0.05) is 0 Å². The minimum atomic E-state index is 0.887. The van der Waals surface area contributed by atoms with Crippen molar-refractivity contribution in [2.75, 3.05) is 0 Å². The fraction of sp³-hybridized carbons (Fsp3) is 1.00. The molecule has 0 heterocycles. The van der Waals surface area contributed by atoms with Crippen LogP contribution in [0.25, 0.3) is 0 Å². The molecule has 0 heteroatoms. The molecule has 0 aromatic heterocycles. The zero-order valence-corrected chi connectivity index (χ0v) is 14.5. The standard InChI is InChI=1S/C19H40/c1-6-18(4)14-10-8-7-9-11-15-19(5)16-12-13-17(2)3/h17-19H,6-16H2,1-5H3. The summed E-state index contributed by atoms with van der Waals surface area (Å²) >= 11 is 0. The number of rotatable bonds is 13. The average Bonchev–Trinajstić information content (AvgIpc) is 2.36. The van der Waals surface area contributed by atoms with Gasteiger partial charge in [0.25, 0.3) is 0 Å². The first-order chi connectivity index (χ1) is 9.06. The third kappa shape index (κ3) is 14.2. The molecule has 0 amide bonds. The van der Waals surface area contributed by atoms with E-state index in [1.807, 2.05) is 0 Å². The van der Waals surface area contributed by atoms with Crippen molar-refractivity contribution in [1.82, 2.24) is 0 Å². The van der Waals surface area contributed by atoms with E-state index in [0.29, 0.717) is 0 Å². The highest BCUT2D eigenvalue weighted by Crippen LogP contribution is 2.19. The van der Waals surface area contributed by atoms with E-state index in [-0.39, 0.29) is 0 Å². The van der Waals surface area contributed by atoms with Crippen LogP contribution in [0.1, 0.15) is 105 Å². The predicted octanol–water partition coefficient (Wildman–Crippen LogP) is 7.23. The molecular formula is C19H40. The lowest BCUT2D eigenvalue weighted by atomic mass is 9.94. The lowest BCUT2D eigenvalue weighted by molar-refractivity contribution is 0.414. The highest BCUT2D eigenvalue weighted by atomic mass is 14.1. The molecule has 0 fully saturated rings. The smallest absolute Gasteiger partial charge is 0.0443 e. The van der Waals surface area contributed by atoms with E-state index in [0.717, 1.165) is 17.8 Å². The Hall–Kier alpha value is 0. The Kier molecular flexibility index (Phi) is 13.0. The topological polar surface area (TPSA) is 0 Å². The highest BCUT2D eigenvalue weighted by Gasteiger charge is 2.03. The van der Waals surface area contributed by atoms with E-state index < -0.39 is 0 Å². The van der Waals surface area contributed by atoms with Crippen molar-refractivity contribution in [3.8, 4) is 0 Å². The molecule has 0 saturated heterocycles. The van der Waals surface area contributed by atoms with Crippen molar-refractivity contribution in [3.05, 3.63) is 0 Å². The van der Waals surface area contributed by atoms with Crippen molar-refractivity contribution >= 4 is 0 Å². The number of unbranched alkanes of at least 4 members (excludes halogenated alkanes) is 4. The molecule has 0 rings (SSSR count). The summed E-state index contributed by atoms with van der Waals surface area (Å²) in [5.41, 5.74) is 0. The molecule has 0 aromatic rings. The van der Waals surface area contributed by atoms with Gasteiger partial charge in [0.2, 0.25) is 0 Å². The van der Waals surface area contributed by atoms with Crippen LogP contribution in [0, 0.1) is 17.8 Å². The van der Waals surface area contributed by atoms with Crippen LogP contribution < -0.4 is 0 Å². The van der Waals surface area contributed by atoms with Gasteiger partial charge in [-0.25, -0.2) is 0 Å². The monoisotopic (exact) mass is 268 g/mol. The second-order valence-electron chi connectivity index (χ2n) is 7.29. The van der Waals surface area contributed by atoms with E-state index in [4.69, 9.17) is 0 Å². The van der Waals surface area contributed by atoms with E-state index in [2.05, 4.69) is 34.6 Å². The van der Waals surface area contributed by atoms with Gasteiger partial charge < -0.3 is 0 Å². The Bertz CT molecular complexity index is 171. The lowest BCUT2D eigenvalue weighted by Crippen LogP contribution is -1.97. The molecule has 0 bridgehead atoms. The summed E-state index contributed by atoms with van der Waals surface area (Å²) in [7, 11) is 0. The summed E-state index contributed by atoms with van der Waals surface area (Å²) in [6.45, 7) is 11.8. The maximum atomic E-state index is 2.45. The van der Waals surface area contributed by atoms with Gasteiger partial charge in [0.05, 0.1) is 0 Å². The van der Waals surface area contributed by atoms with Crippen LogP contribution in [-0.4, -0.2) is 0 Å². The molecular weight excluding hydrogens is 228 g/mol. The van der Waals surface area contributed by atoms with E-state index >= 15 is 0 Å².